The molecule has 0 saturated carbocycles. The average molecular weight is 503 g/mol. The van der Waals surface area contributed by atoms with Crippen LogP contribution in [-0.4, -0.2) is 58.2 Å². The van der Waals surface area contributed by atoms with Gasteiger partial charge in [0.05, 0.1) is 25.9 Å². The minimum absolute atomic E-state index is 0.0304. The third-order valence-electron chi connectivity index (χ3n) is 6.74. The normalized spacial score (nSPS) is 21.3. The molecule has 36 heavy (non-hydrogen) atoms. The first-order chi connectivity index (χ1) is 17.2. The van der Waals surface area contributed by atoms with Crippen molar-refractivity contribution in [3.05, 3.63) is 50.9 Å². The van der Waals surface area contributed by atoms with Gasteiger partial charge < -0.3 is 24.8 Å². The Hall–Kier alpha value is -3.47. The number of amides is 2. The topological polar surface area (TPSA) is 123 Å². The molecule has 3 heterocycles. The third kappa shape index (κ3) is 4.92. The second-order valence-corrected chi connectivity index (χ2v) is 9.16. The molecule has 0 fully saturated rings. The van der Waals surface area contributed by atoms with Crippen LogP contribution in [0.15, 0.2) is 16.9 Å². The van der Waals surface area contributed by atoms with E-state index >= 15 is 0 Å². The molecule has 0 spiro atoms. The van der Waals surface area contributed by atoms with Crippen molar-refractivity contribution < 1.29 is 28.6 Å². The number of aryl methyl sites for hydroxylation is 1. The highest BCUT2D eigenvalue weighted by Gasteiger charge is 2.34. The van der Waals surface area contributed by atoms with Crippen LogP contribution in [0.25, 0.3) is 0 Å². The Bertz CT molecular complexity index is 1230. The van der Waals surface area contributed by atoms with E-state index in [1.807, 2.05) is 6.92 Å². The van der Waals surface area contributed by atoms with Crippen molar-refractivity contribution in [3.63, 3.8) is 0 Å². The Morgan fingerprint density at radius 3 is 2.75 bits per heavy atom. The number of nitrogens with one attached hydrogen (secondary N) is 1. The molecule has 2 amide bonds. The molecule has 2 atom stereocenters. The molecule has 4 rings (SSSR count). The van der Waals surface area contributed by atoms with E-state index in [0.717, 1.165) is 0 Å². The molecular formula is C25H31FN4O6. The van der Waals surface area contributed by atoms with E-state index < -0.39 is 40.8 Å². The Morgan fingerprint density at radius 2 is 2.00 bits per heavy atom. The van der Waals surface area contributed by atoms with Gasteiger partial charge in [-0.25, -0.2) is 9.37 Å². The number of rotatable bonds is 1. The lowest BCUT2D eigenvalue weighted by Gasteiger charge is -2.28. The van der Waals surface area contributed by atoms with Crippen LogP contribution in [0.2, 0.25) is 0 Å². The van der Waals surface area contributed by atoms with Crippen molar-refractivity contribution in [1.29, 1.82) is 0 Å². The number of likely N-dealkylation sites (N-methyl/N-ethyl adjacent to an activating group) is 1. The molecule has 1 aromatic heterocycles. The zero-order valence-electron chi connectivity index (χ0n) is 20.7. The van der Waals surface area contributed by atoms with Gasteiger partial charge in [0.2, 0.25) is 11.7 Å². The summed E-state index contributed by atoms with van der Waals surface area (Å²) in [6, 6.07) is 1.71. The van der Waals surface area contributed by atoms with Crippen LogP contribution in [0.1, 0.15) is 72.1 Å². The minimum Gasteiger partial charge on any atom is -0.501 e. The molecule has 1 aromatic carbocycles. The van der Waals surface area contributed by atoms with Crippen LogP contribution in [-0.2, 0) is 16.1 Å². The molecule has 2 N–H and O–H groups in total. The van der Waals surface area contributed by atoms with Gasteiger partial charge in [-0.1, -0.05) is 6.92 Å². The van der Waals surface area contributed by atoms with Gasteiger partial charge in [0.1, 0.15) is 23.4 Å². The van der Waals surface area contributed by atoms with Crippen molar-refractivity contribution in [2.24, 2.45) is 0 Å². The van der Waals surface area contributed by atoms with E-state index in [4.69, 9.17) is 9.47 Å². The van der Waals surface area contributed by atoms with Gasteiger partial charge in [0, 0.05) is 31.6 Å². The van der Waals surface area contributed by atoms with Crippen LogP contribution in [0, 0.1) is 12.7 Å². The highest BCUT2D eigenvalue weighted by molar-refractivity contribution is 5.94. The number of hydrogen-bond acceptors (Lipinski definition) is 7. The molecule has 11 heteroatoms. The number of nitrogens with zero attached hydrogens (tertiary/aromatic N) is 3. The fourth-order valence-electron chi connectivity index (χ4n) is 4.50. The first-order valence-electron chi connectivity index (χ1n) is 12.1. The second-order valence-electron chi connectivity index (χ2n) is 9.16. The molecule has 10 nitrogen and oxygen atoms in total. The fraction of sp³-hybridized carbons (Fsp3) is 0.520. The summed E-state index contributed by atoms with van der Waals surface area (Å²) >= 11 is 0. The number of carbonyl (C=O) groups is 2. The number of ether oxygens (including phenoxy) is 2. The quantitative estimate of drug-likeness (QED) is 0.614. The number of halogens is 1. The van der Waals surface area contributed by atoms with Gasteiger partial charge in [-0.15, -0.1) is 0 Å². The molecule has 0 radical (unpaired) electrons. The number of aromatic hydroxyl groups is 1. The van der Waals surface area contributed by atoms with E-state index in [1.165, 1.54) is 15.5 Å². The molecule has 0 saturated heterocycles. The Kier molecular flexibility index (Phi) is 7.58. The fourth-order valence-corrected chi connectivity index (χ4v) is 4.50. The van der Waals surface area contributed by atoms with Crippen molar-refractivity contribution in [1.82, 2.24) is 19.8 Å². The predicted molar refractivity (Wildman–Crippen MR) is 127 cm³/mol. The monoisotopic (exact) mass is 502 g/mol. The number of hydrogen-bond donors (Lipinski definition) is 2. The first kappa shape index (κ1) is 25.6. The standard InChI is InChI=1S/C25H31FN4O6/c1-4-16-12-35-13-18-23-28-21(22(32)25(34)30(16)23)24(33)27-11-15-9-14(2)17(26)10-19(15)36-8-6-5-7-20(31)29(18)3/h9-10,16,18,32H,4-8,11-13H2,1-3H3,(H,27,33)/t16-,18?/m0/s1. The van der Waals surface area contributed by atoms with E-state index in [2.05, 4.69) is 10.3 Å². The van der Waals surface area contributed by atoms with Gasteiger partial charge in [0.15, 0.2) is 5.69 Å². The van der Waals surface area contributed by atoms with Crippen LogP contribution in [0.5, 0.6) is 11.5 Å². The zero-order valence-corrected chi connectivity index (χ0v) is 20.7. The summed E-state index contributed by atoms with van der Waals surface area (Å²) in [4.78, 5) is 45.3. The Balaban J connectivity index is 1.82. The van der Waals surface area contributed by atoms with Crippen molar-refractivity contribution in [3.8, 4) is 11.5 Å². The summed E-state index contributed by atoms with van der Waals surface area (Å²) in [6.07, 6.45) is 1.84. The number of fused-ring (bicyclic) bond motifs is 2. The number of carbonyl (C=O) groups excluding carboxylic acids is 2. The molecule has 194 valence electrons. The predicted octanol–water partition coefficient (Wildman–Crippen LogP) is 2.37. The van der Waals surface area contributed by atoms with E-state index in [0.29, 0.717) is 30.4 Å². The van der Waals surface area contributed by atoms with Gasteiger partial charge in [-0.2, -0.15) is 0 Å². The summed E-state index contributed by atoms with van der Waals surface area (Å²) in [7, 11) is 1.60. The molecular weight excluding hydrogens is 471 g/mol. The molecule has 2 aliphatic heterocycles. The Morgan fingerprint density at radius 1 is 1.22 bits per heavy atom. The van der Waals surface area contributed by atoms with Crippen LogP contribution in [0.4, 0.5) is 4.39 Å². The number of benzene rings is 1. The summed E-state index contributed by atoms with van der Waals surface area (Å²) in [5.74, 6) is -1.72. The van der Waals surface area contributed by atoms with Crippen molar-refractivity contribution in [2.45, 2.75) is 58.2 Å². The van der Waals surface area contributed by atoms with E-state index in [9.17, 15) is 23.9 Å². The highest BCUT2D eigenvalue weighted by Crippen LogP contribution is 2.29. The second kappa shape index (κ2) is 10.7. The first-order valence-corrected chi connectivity index (χ1v) is 12.1. The zero-order chi connectivity index (χ0) is 26.0. The smallest absolute Gasteiger partial charge is 0.296 e. The lowest BCUT2D eigenvalue weighted by atomic mass is 10.1. The molecule has 0 aliphatic carbocycles. The minimum atomic E-state index is -0.780. The van der Waals surface area contributed by atoms with Gasteiger partial charge in [-0.05, 0) is 37.8 Å². The van der Waals surface area contributed by atoms with Crippen molar-refractivity contribution >= 4 is 11.8 Å². The Labute approximate surface area is 208 Å². The lowest BCUT2D eigenvalue weighted by molar-refractivity contribution is -0.133. The van der Waals surface area contributed by atoms with Gasteiger partial charge in [-0.3, -0.25) is 19.0 Å². The summed E-state index contributed by atoms with van der Waals surface area (Å²) in [5, 5.41) is 13.3. The summed E-state index contributed by atoms with van der Waals surface area (Å²) < 4.78 is 27.1. The molecule has 1 unspecified atom stereocenters. The highest BCUT2D eigenvalue weighted by atomic mass is 19.1. The molecule has 2 bridgehead atoms. The van der Waals surface area contributed by atoms with Gasteiger partial charge >= 0.3 is 0 Å². The largest absolute Gasteiger partial charge is 0.501 e. The lowest BCUT2D eigenvalue weighted by Crippen LogP contribution is -2.39. The maximum absolute atomic E-state index is 14.2. The van der Waals surface area contributed by atoms with Crippen LogP contribution in [0.3, 0.4) is 0 Å². The maximum atomic E-state index is 14.2. The van der Waals surface area contributed by atoms with Crippen LogP contribution < -0.4 is 15.6 Å². The molecule has 2 aliphatic rings. The number of aromatic nitrogens is 2. The maximum Gasteiger partial charge on any atom is 0.296 e. The SMILES string of the molecule is CC[C@H]1COCC2c3nc(c(O)c(=O)n31)C(=O)NCc1cc(C)c(F)cc1OCCCCC(=O)N2C. The third-order valence-corrected chi connectivity index (χ3v) is 6.74. The molecule has 2 aromatic rings. The van der Waals surface area contributed by atoms with Gasteiger partial charge in [0.25, 0.3) is 11.5 Å². The van der Waals surface area contributed by atoms with E-state index in [1.54, 1.807) is 20.0 Å². The average Bonchev–Trinajstić information content (AvgIpc) is 3.04. The van der Waals surface area contributed by atoms with Crippen LogP contribution >= 0.6 is 0 Å². The summed E-state index contributed by atoms with van der Waals surface area (Å²) in [6.45, 7) is 4.02. The summed E-state index contributed by atoms with van der Waals surface area (Å²) in [5.41, 5.74) is -0.292. The van der Waals surface area contributed by atoms with Crippen molar-refractivity contribution in [2.75, 3.05) is 26.9 Å². The van der Waals surface area contributed by atoms with E-state index in [-0.39, 0.29) is 50.3 Å².